The number of carbonyl (C=O) groups is 1. The number of nitrogens with zero attached hydrogens (tertiary/aromatic N) is 2. The van der Waals surface area contributed by atoms with Crippen LogP contribution in [-0.2, 0) is 28.9 Å². The van der Waals surface area contributed by atoms with E-state index in [2.05, 4.69) is 16.4 Å². The van der Waals surface area contributed by atoms with Crippen LogP contribution in [0.3, 0.4) is 0 Å². The summed E-state index contributed by atoms with van der Waals surface area (Å²) >= 11 is 0. The third kappa shape index (κ3) is 5.29. The molecule has 0 aliphatic carbocycles. The molecule has 6 nitrogen and oxygen atoms in total. The summed E-state index contributed by atoms with van der Waals surface area (Å²) < 4.78 is 26.1. The second-order valence-corrected chi connectivity index (χ2v) is 7.73. The number of carbonyl (C=O) groups excluding carboxylic acids is 1. The Bertz CT molecular complexity index is 1220. The molecule has 4 rings (SSSR count). The lowest BCUT2D eigenvalue weighted by Crippen LogP contribution is -2.11. The molecule has 1 aromatic heterocycles. The Kier molecular flexibility index (Phi) is 6.84. The maximum absolute atomic E-state index is 15.0. The Labute approximate surface area is 192 Å². The molecule has 1 aliphatic rings. The molecular weight excluding hydrogens is 421 g/mol. The number of ether oxygens (including phenoxy) is 2. The van der Waals surface area contributed by atoms with Gasteiger partial charge in [0.05, 0.1) is 37.0 Å². The first-order valence-corrected chi connectivity index (χ1v) is 10.9. The summed E-state index contributed by atoms with van der Waals surface area (Å²) in [4.78, 5) is 16.6. The normalized spacial score (nSPS) is 12.9. The number of pyridine rings is 1. The SMILES string of the molecule is CCOC(=O)Cc1cc(F)c2cc1OCCCc1cc(C#N)ccc1CNc1cccc-2n1. The van der Waals surface area contributed by atoms with Crippen molar-refractivity contribution in [2.24, 2.45) is 0 Å². The zero-order valence-corrected chi connectivity index (χ0v) is 18.4. The smallest absolute Gasteiger partial charge is 0.310 e. The number of nitrogens with one attached hydrogen (secondary N) is 1. The van der Waals surface area contributed by atoms with Gasteiger partial charge in [-0.1, -0.05) is 12.1 Å². The van der Waals surface area contributed by atoms with Gasteiger partial charge in [0.2, 0.25) is 0 Å². The minimum atomic E-state index is -0.479. The Morgan fingerprint density at radius 3 is 2.94 bits per heavy atom. The van der Waals surface area contributed by atoms with Crippen LogP contribution in [0.15, 0.2) is 48.5 Å². The van der Waals surface area contributed by atoms with Crippen LogP contribution in [0.1, 0.15) is 35.6 Å². The molecule has 0 fully saturated rings. The summed E-state index contributed by atoms with van der Waals surface area (Å²) in [6.45, 7) is 2.89. The van der Waals surface area contributed by atoms with E-state index in [1.165, 1.54) is 6.07 Å². The number of benzene rings is 2. The van der Waals surface area contributed by atoms with E-state index in [0.29, 0.717) is 59.9 Å². The number of hydrogen-bond donors (Lipinski definition) is 1. The van der Waals surface area contributed by atoms with Gasteiger partial charge < -0.3 is 14.8 Å². The van der Waals surface area contributed by atoms with Crippen LogP contribution in [0.2, 0.25) is 0 Å². The first kappa shape index (κ1) is 22.3. The van der Waals surface area contributed by atoms with E-state index in [4.69, 9.17) is 9.47 Å². The zero-order valence-electron chi connectivity index (χ0n) is 18.4. The second kappa shape index (κ2) is 10.1. The molecule has 0 amide bonds. The fourth-order valence-corrected chi connectivity index (χ4v) is 3.85. The third-order valence-electron chi connectivity index (χ3n) is 5.46. The zero-order chi connectivity index (χ0) is 23.2. The highest BCUT2D eigenvalue weighted by molar-refractivity contribution is 5.75. The van der Waals surface area contributed by atoms with Crippen LogP contribution in [0.25, 0.3) is 11.3 Å². The van der Waals surface area contributed by atoms with Gasteiger partial charge in [0.25, 0.3) is 0 Å². The van der Waals surface area contributed by atoms with Crippen molar-refractivity contribution in [2.45, 2.75) is 32.7 Å². The van der Waals surface area contributed by atoms with Gasteiger partial charge >= 0.3 is 5.97 Å². The Hall–Kier alpha value is -3.92. The van der Waals surface area contributed by atoms with Crippen molar-refractivity contribution < 1.29 is 18.7 Å². The summed E-state index contributed by atoms with van der Waals surface area (Å²) in [5, 5.41) is 12.6. The molecule has 0 unspecified atom stereocenters. The number of anilines is 1. The van der Waals surface area contributed by atoms with Gasteiger partial charge in [-0.3, -0.25) is 4.79 Å². The molecule has 0 spiro atoms. The highest BCUT2D eigenvalue weighted by Gasteiger charge is 2.18. The topological polar surface area (TPSA) is 84.2 Å². The van der Waals surface area contributed by atoms with E-state index in [1.807, 2.05) is 24.3 Å². The van der Waals surface area contributed by atoms with Gasteiger partial charge in [-0.2, -0.15) is 5.26 Å². The predicted molar refractivity (Wildman–Crippen MR) is 122 cm³/mol. The van der Waals surface area contributed by atoms with Crippen LogP contribution in [0, 0.1) is 17.1 Å². The predicted octanol–water partition coefficient (Wildman–Crippen LogP) is 4.80. The molecule has 0 atom stereocenters. The van der Waals surface area contributed by atoms with E-state index in [0.717, 1.165) is 11.1 Å². The van der Waals surface area contributed by atoms with E-state index >= 15 is 4.39 Å². The average molecular weight is 445 g/mol. The molecule has 0 radical (unpaired) electrons. The summed E-state index contributed by atoms with van der Waals surface area (Å²) in [7, 11) is 0. The summed E-state index contributed by atoms with van der Waals surface area (Å²) in [5.74, 6) is 0.124. The average Bonchev–Trinajstić information content (AvgIpc) is 2.81. The number of fused-ring (bicyclic) bond motifs is 6. The lowest BCUT2D eigenvalue weighted by molar-refractivity contribution is -0.142. The molecule has 2 aromatic carbocycles. The molecule has 3 aromatic rings. The first-order chi connectivity index (χ1) is 16.1. The highest BCUT2D eigenvalue weighted by Crippen LogP contribution is 2.31. The Morgan fingerprint density at radius 1 is 1.24 bits per heavy atom. The van der Waals surface area contributed by atoms with Crippen molar-refractivity contribution in [3.8, 4) is 23.1 Å². The van der Waals surface area contributed by atoms with Gasteiger partial charge in [0.15, 0.2) is 0 Å². The molecule has 168 valence electrons. The van der Waals surface area contributed by atoms with Crippen molar-refractivity contribution in [1.82, 2.24) is 4.98 Å². The van der Waals surface area contributed by atoms with Gasteiger partial charge in [-0.25, -0.2) is 9.37 Å². The number of aryl methyl sites for hydroxylation is 1. The molecule has 1 N–H and O–H groups in total. The van der Waals surface area contributed by atoms with Gasteiger partial charge in [0.1, 0.15) is 17.4 Å². The summed E-state index contributed by atoms with van der Waals surface area (Å²) in [6, 6.07) is 16.1. The highest BCUT2D eigenvalue weighted by atomic mass is 19.1. The van der Waals surface area contributed by atoms with Crippen LogP contribution >= 0.6 is 0 Å². The lowest BCUT2D eigenvalue weighted by atomic mass is 10.00. The number of halogens is 1. The molecular formula is C26H24FN3O3. The lowest BCUT2D eigenvalue weighted by Gasteiger charge is -2.17. The van der Waals surface area contributed by atoms with Gasteiger partial charge in [-0.15, -0.1) is 0 Å². The van der Waals surface area contributed by atoms with Crippen LogP contribution in [0.4, 0.5) is 10.2 Å². The van der Waals surface area contributed by atoms with Crippen LogP contribution in [-0.4, -0.2) is 24.2 Å². The standard InChI is InChI=1S/C26H24FN3O3/c1-2-32-26(31)13-20-12-22(27)21-14-24(20)33-10-4-5-18-11-17(15-28)8-9-19(18)16-29-25-7-3-6-23(21)30-25/h3,6-9,11-12,14H,2,4-5,10,13,16H2,1H3,(H,29,30). The van der Waals surface area contributed by atoms with Gasteiger partial charge in [0, 0.05) is 17.7 Å². The van der Waals surface area contributed by atoms with E-state index in [-0.39, 0.29) is 13.0 Å². The molecule has 1 aliphatic heterocycles. The number of nitriles is 1. The Morgan fingerprint density at radius 2 is 2.12 bits per heavy atom. The molecule has 2 heterocycles. The van der Waals surface area contributed by atoms with Crippen LogP contribution < -0.4 is 10.1 Å². The molecule has 33 heavy (non-hydrogen) atoms. The fraction of sp³-hybridized carbons (Fsp3) is 0.269. The summed E-state index contributed by atoms with van der Waals surface area (Å²) in [6.07, 6.45) is 1.32. The van der Waals surface area contributed by atoms with Crippen LogP contribution in [0.5, 0.6) is 5.75 Å². The monoisotopic (exact) mass is 445 g/mol. The van der Waals surface area contributed by atoms with E-state index in [1.54, 1.807) is 25.1 Å². The molecule has 0 saturated heterocycles. The number of esters is 1. The van der Waals surface area contributed by atoms with Crippen molar-refractivity contribution in [2.75, 3.05) is 18.5 Å². The maximum Gasteiger partial charge on any atom is 0.310 e. The largest absolute Gasteiger partial charge is 0.493 e. The molecule has 7 heteroatoms. The maximum atomic E-state index is 15.0. The molecule has 4 bridgehead atoms. The van der Waals surface area contributed by atoms with Crippen molar-refractivity contribution in [3.05, 3.63) is 76.6 Å². The quantitative estimate of drug-likeness (QED) is 0.583. The third-order valence-corrected chi connectivity index (χ3v) is 5.46. The van der Waals surface area contributed by atoms with E-state index < -0.39 is 11.8 Å². The minimum Gasteiger partial charge on any atom is -0.493 e. The first-order valence-electron chi connectivity index (χ1n) is 10.9. The number of aromatic nitrogens is 1. The fourth-order valence-electron chi connectivity index (χ4n) is 3.85. The second-order valence-electron chi connectivity index (χ2n) is 7.73. The Balaban J connectivity index is 1.73. The van der Waals surface area contributed by atoms with Crippen molar-refractivity contribution in [3.63, 3.8) is 0 Å². The summed E-state index contributed by atoms with van der Waals surface area (Å²) in [5.41, 5.74) is 3.93. The van der Waals surface area contributed by atoms with Crippen molar-refractivity contribution >= 4 is 11.8 Å². The van der Waals surface area contributed by atoms with E-state index in [9.17, 15) is 10.1 Å². The van der Waals surface area contributed by atoms with Crippen molar-refractivity contribution in [1.29, 1.82) is 5.26 Å². The van der Waals surface area contributed by atoms with Gasteiger partial charge in [-0.05, 0) is 67.3 Å². The number of hydrogen-bond acceptors (Lipinski definition) is 6. The number of rotatable bonds is 3. The molecule has 0 saturated carbocycles. The minimum absolute atomic E-state index is 0.0796.